The van der Waals surface area contributed by atoms with Crippen molar-refractivity contribution in [3.8, 4) is 5.88 Å². The predicted molar refractivity (Wildman–Crippen MR) is 76.9 cm³/mol. The molecule has 0 aromatic carbocycles. The fourth-order valence-electron chi connectivity index (χ4n) is 2.21. The minimum Gasteiger partial charge on any atom is -0.476 e. The Kier molecular flexibility index (Phi) is 5.40. The van der Waals surface area contributed by atoms with Crippen LogP contribution in [0.5, 0.6) is 5.88 Å². The number of likely N-dealkylation sites (tertiary alicyclic amines) is 1. The first-order valence-electron chi connectivity index (χ1n) is 7.05. The summed E-state index contributed by atoms with van der Waals surface area (Å²) >= 11 is 5.98. The second-order valence-corrected chi connectivity index (χ2v) is 5.68. The van der Waals surface area contributed by atoms with Crippen LogP contribution in [-0.2, 0) is 0 Å². The molecule has 0 radical (unpaired) electrons. The van der Waals surface area contributed by atoms with Crippen LogP contribution in [0.25, 0.3) is 0 Å². The van der Waals surface area contributed by atoms with Crippen molar-refractivity contribution < 1.29 is 4.74 Å². The Labute approximate surface area is 120 Å². The number of ether oxygens (including phenoxy) is 1. The number of halogens is 1. The Morgan fingerprint density at radius 2 is 2.00 bits per heavy atom. The Morgan fingerprint density at radius 1 is 1.26 bits per heavy atom. The van der Waals surface area contributed by atoms with Crippen molar-refractivity contribution in [2.24, 2.45) is 0 Å². The highest BCUT2D eigenvalue weighted by Crippen LogP contribution is 2.18. The molecule has 0 amide bonds. The van der Waals surface area contributed by atoms with Crippen molar-refractivity contribution in [3.05, 3.63) is 17.0 Å². The van der Waals surface area contributed by atoms with Gasteiger partial charge in [-0.15, -0.1) is 0 Å². The van der Waals surface area contributed by atoms with E-state index in [1.807, 2.05) is 13.8 Å². The summed E-state index contributed by atoms with van der Waals surface area (Å²) in [6.45, 7) is 8.08. The molecule has 2 rings (SSSR count). The van der Waals surface area contributed by atoms with Gasteiger partial charge in [0.15, 0.2) is 0 Å². The number of rotatable bonds is 5. The van der Waals surface area contributed by atoms with Gasteiger partial charge in [0.25, 0.3) is 0 Å². The van der Waals surface area contributed by atoms with Gasteiger partial charge in [0.05, 0.1) is 0 Å². The van der Waals surface area contributed by atoms with E-state index in [4.69, 9.17) is 16.3 Å². The van der Waals surface area contributed by atoms with Crippen LogP contribution < -0.4 is 4.74 Å². The molecule has 0 atom stereocenters. The van der Waals surface area contributed by atoms with Gasteiger partial charge in [-0.1, -0.05) is 31.9 Å². The molecule has 106 valence electrons. The van der Waals surface area contributed by atoms with E-state index >= 15 is 0 Å². The van der Waals surface area contributed by atoms with E-state index < -0.39 is 0 Å². The molecule has 0 saturated carbocycles. The summed E-state index contributed by atoms with van der Waals surface area (Å²) in [5.41, 5.74) is 0. The van der Waals surface area contributed by atoms with E-state index in [1.54, 1.807) is 6.07 Å². The molecule has 4 nitrogen and oxygen atoms in total. The van der Waals surface area contributed by atoms with E-state index in [0.29, 0.717) is 17.6 Å². The SMILES string of the molecule is CC(C)c1nc(Cl)cc(OCCN2CCCCC2)n1. The molecule has 0 spiro atoms. The molecule has 1 fully saturated rings. The van der Waals surface area contributed by atoms with Crippen LogP contribution in [0.2, 0.25) is 5.15 Å². The average molecular weight is 284 g/mol. The molecule has 5 heteroatoms. The van der Waals surface area contributed by atoms with Gasteiger partial charge < -0.3 is 4.74 Å². The zero-order valence-electron chi connectivity index (χ0n) is 11.7. The molecule has 1 aromatic rings. The fraction of sp³-hybridized carbons (Fsp3) is 0.714. The summed E-state index contributed by atoms with van der Waals surface area (Å²) in [7, 11) is 0. The van der Waals surface area contributed by atoms with Crippen LogP contribution in [0.3, 0.4) is 0 Å². The van der Waals surface area contributed by atoms with Gasteiger partial charge in [0.1, 0.15) is 17.6 Å². The maximum atomic E-state index is 5.98. The zero-order valence-corrected chi connectivity index (χ0v) is 12.5. The van der Waals surface area contributed by atoms with E-state index in [1.165, 1.54) is 32.4 Å². The van der Waals surface area contributed by atoms with Crippen molar-refractivity contribution in [3.63, 3.8) is 0 Å². The summed E-state index contributed by atoms with van der Waals surface area (Å²) in [5.74, 6) is 1.57. The summed E-state index contributed by atoms with van der Waals surface area (Å²) in [4.78, 5) is 11.0. The normalized spacial score (nSPS) is 16.8. The van der Waals surface area contributed by atoms with Gasteiger partial charge in [0, 0.05) is 18.5 Å². The summed E-state index contributed by atoms with van der Waals surface area (Å²) in [5, 5.41) is 0.451. The van der Waals surface area contributed by atoms with Gasteiger partial charge >= 0.3 is 0 Å². The fourth-order valence-corrected chi connectivity index (χ4v) is 2.39. The van der Waals surface area contributed by atoms with Crippen molar-refractivity contribution in [2.45, 2.75) is 39.0 Å². The molecule has 2 heterocycles. The lowest BCUT2D eigenvalue weighted by Crippen LogP contribution is -2.33. The lowest BCUT2D eigenvalue weighted by molar-refractivity contribution is 0.180. The van der Waals surface area contributed by atoms with Crippen LogP contribution in [0.1, 0.15) is 44.9 Å². The van der Waals surface area contributed by atoms with Gasteiger partial charge in [-0.2, -0.15) is 4.98 Å². The highest BCUT2D eigenvalue weighted by molar-refractivity contribution is 6.29. The summed E-state index contributed by atoms with van der Waals surface area (Å²) in [6.07, 6.45) is 3.96. The smallest absolute Gasteiger partial charge is 0.218 e. The number of piperidine rings is 1. The first-order chi connectivity index (χ1) is 9.15. The highest BCUT2D eigenvalue weighted by atomic mass is 35.5. The lowest BCUT2D eigenvalue weighted by atomic mass is 10.1. The number of hydrogen-bond acceptors (Lipinski definition) is 4. The van der Waals surface area contributed by atoms with Gasteiger partial charge in [-0.3, -0.25) is 4.90 Å². The third-order valence-corrected chi connectivity index (χ3v) is 3.50. The van der Waals surface area contributed by atoms with Gasteiger partial charge in [0.2, 0.25) is 5.88 Å². The number of aromatic nitrogens is 2. The molecule has 19 heavy (non-hydrogen) atoms. The third kappa shape index (κ3) is 4.62. The summed E-state index contributed by atoms with van der Waals surface area (Å²) in [6, 6.07) is 1.68. The van der Waals surface area contributed by atoms with Crippen molar-refractivity contribution in [1.82, 2.24) is 14.9 Å². The highest BCUT2D eigenvalue weighted by Gasteiger charge is 2.11. The van der Waals surface area contributed by atoms with Crippen molar-refractivity contribution in [2.75, 3.05) is 26.2 Å². The first kappa shape index (κ1) is 14.5. The predicted octanol–water partition coefficient (Wildman–Crippen LogP) is 3.12. The average Bonchev–Trinajstić information content (AvgIpc) is 2.39. The standard InChI is InChI=1S/C14H22ClN3O/c1-11(2)14-16-12(15)10-13(17-14)19-9-8-18-6-4-3-5-7-18/h10-11H,3-9H2,1-2H3. The molecule has 1 aliphatic rings. The molecule has 1 aromatic heterocycles. The Balaban J connectivity index is 1.84. The molecule has 0 bridgehead atoms. The van der Waals surface area contributed by atoms with E-state index in [0.717, 1.165) is 12.4 Å². The second-order valence-electron chi connectivity index (χ2n) is 5.29. The van der Waals surface area contributed by atoms with Crippen LogP contribution in [0.4, 0.5) is 0 Å². The largest absolute Gasteiger partial charge is 0.476 e. The third-order valence-electron chi connectivity index (χ3n) is 3.31. The lowest BCUT2D eigenvalue weighted by Gasteiger charge is -2.26. The van der Waals surface area contributed by atoms with Crippen LogP contribution in [0, 0.1) is 0 Å². The van der Waals surface area contributed by atoms with E-state index in [9.17, 15) is 0 Å². The molecule has 0 unspecified atom stereocenters. The maximum Gasteiger partial charge on any atom is 0.218 e. The Bertz CT molecular complexity index is 406. The summed E-state index contributed by atoms with van der Waals surface area (Å²) < 4.78 is 5.70. The molecular weight excluding hydrogens is 262 g/mol. The molecular formula is C14H22ClN3O. The van der Waals surface area contributed by atoms with Gasteiger partial charge in [-0.25, -0.2) is 4.98 Å². The first-order valence-corrected chi connectivity index (χ1v) is 7.42. The van der Waals surface area contributed by atoms with Crippen LogP contribution >= 0.6 is 11.6 Å². The van der Waals surface area contributed by atoms with Crippen LogP contribution in [0.15, 0.2) is 6.07 Å². The van der Waals surface area contributed by atoms with Gasteiger partial charge in [-0.05, 0) is 25.9 Å². The number of hydrogen-bond donors (Lipinski definition) is 0. The Hall–Kier alpha value is -0.870. The topological polar surface area (TPSA) is 38.2 Å². The second kappa shape index (κ2) is 7.06. The molecule has 0 N–H and O–H groups in total. The van der Waals surface area contributed by atoms with E-state index in [-0.39, 0.29) is 5.92 Å². The molecule has 1 saturated heterocycles. The number of nitrogens with zero attached hydrogens (tertiary/aromatic N) is 3. The molecule has 1 aliphatic heterocycles. The Morgan fingerprint density at radius 3 is 2.68 bits per heavy atom. The zero-order chi connectivity index (χ0) is 13.7. The maximum absolute atomic E-state index is 5.98. The van der Waals surface area contributed by atoms with E-state index in [2.05, 4.69) is 14.9 Å². The van der Waals surface area contributed by atoms with Crippen molar-refractivity contribution >= 4 is 11.6 Å². The van der Waals surface area contributed by atoms with Crippen molar-refractivity contribution in [1.29, 1.82) is 0 Å². The monoisotopic (exact) mass is 283 g/mol. The van der Waals surface area contributed by atoms with Crippen LogP contribution in [-0.4, -0.2) is 41.1 Å². The quantitative estimate of drug-likeness (QED) is 0.778. The minimum atomic E-state index is 0.253. The molecule has 0 aliphatic carbocycles. The minimum absolute atomic E-state index is 0.253.